The number of hydrogen-bond acceptors (Lipinski definition) is 4. The Hall–Kier alpha value is 0.120. The fourth-order valence-corrected chi connectivity index (χ4v) is 2.30. The van der Waals surface area contributed by atoms with Gasteiger partial charge in [0, 0.05) is 19.5 Å². The van der Waals surface area contributed by atoms with Crippen molar-refractivity contribution in [1.29, 1.82) is 0 Å². The van der Waals surface area contributed by atoms with Crippen LogP contribution >= 0.6 is 11.6 Å². The third kappa shape index (κ3) is 9.07. The van der Waals surface area contributed by atoms with Gasteiger partial charge in [-0.15, -0.1) is 11.6 Å². The van der Waals surface area contributed by atoms with Crippen molar-refractivity contribution in [2.75, 3.05) is 31.9 Å². The van der Waals surface area contributed by atoms with E-state index < -0.39 is 16.1 Å². The highest BCUT2D eigenvalue weighted by atomic mass is 35.5. The molecule has 0 aliphatic rings. The first kappa shape index (κ1) is 15.1. The molecule has 5 nitrogen and oxygen atoms in total. The molecule has 15 heavy (non-hydrogen) atoms. The summed E-state index contributed by atoms with van der Waals surface area (Å²) >= 11 is 5.43. The van der Waals surface area contributed by atoms with Crippen molar-refractivity contribution in [2.45, 2.75) is 18.9 Å². The van der Waals surface area contributed by atoms with Gasteiger partial charge in [-0.25, -0.2) is 13.1 Å². The highest BCUT2D eigenvalue weighted by molar-refractivity contribution is 7.89. The van der Waals surface area contributed by atoms with Crippen LogP contribution in [-0.2, 0) is 14.8 Å². The average molecular weight is 260 g/mol. The van der Waals surface area contributed by atoms with E-state index in [9.17, 15) is 13.5 Å². The zero-order valence-corrected chi connectivity index (χ0v) is 10.4. The first-order valence-corrected chi connectivity index (χ1v) is 6.91. The predicted molar refractivity (Wildman–Crippen MR) is 59.6 cm³/mol. The van der Waals surface area contributed by atoms with Crippen LogP contribution in [0.4, 0.5) is 0 Å². The number of sulfonamides is 1. The summed E-state index contributed by atoms with van der Waals surface area (Å²) in [6.45, 7) is 0.0985. The summed E-state index contributed by atoms with van der Waals surface area (Å²) in [4.78, 5) is 0. The lowest BCUT2D eigenvalue weighted by atomic mass is 10.4. The molecule has 0 heterocycles. The normalized spacial score (nSPS) is 14.1. The minimum Gasteiger partial charge on any atom is -0.389 e. The largest absolute Gasteiger partial charge is 0.389 e. The van der Waals surface area contributed by atoms with Gasteiger partial charge in [0.2, 0.25) is 10.0 Å². The van der Waals surface area contributed by atoms with E-state index in [1.165, 1.54) is 7.11 Å². The fraction of sp³-hybridized carbons (Fsp3) is 1.00. The summed E-state index contributed by atoms with van der Waals surface area (Å²) in [7, 11) is -1.85. The molecular formula is C8H18ClNO4S. The average Bonchev–Trinajstić information content (AvgIpc) is 2.16. The molecular weight excluding hydrogens is 242 g/mol. The van der Waals surface area contributed by atoms with Crippen molar-refractivity contribution in [1.82, 2.24) is 4.72 Å². The van der Waals surface area contributed by atoms with Gasteiger partial charge in [0.25, 0.3) is 0 Å². The van der Waals surface area contributed by atoms with Crippen molar-refractivity contribution >= 4 is 21.6 Å². The monoisotopic (exact) mass is 259 g/mol. The summed E-state index contributed by atoms with van der Waals surface area (Å²) in [5.74, 6) is 0.501. The molecule has 0 aromatic rings. The molecule has 2 N–H and O–H groups in total. The quantitative estimate of drug-likeness (QED) is 0.449. The van der Waals surface area contributed by atoms with E-state index in [0.29, 0.717) is 18.7 Å². The molecule has 0 amide bonds. The third-order valence-electron chi connectivity index (χ3n) is 1.69. The van der Waals surface area contributed by atoms with Crippen LogP contribution in [0.2, 0.25) is 0 Å². The number of nitrogens with one attached hydrogen (secondary N) is 1. The second kappa shape index (κ2) is 8.29. The smallest absolute Gasteiger partial charge is 0.211 e. The summed E-state index contributed by atoms with van der Waals surface area (Å²) in [5, 5.41) is 9.21. The van der Waals surface area contributed by atoms with Gasteiger partial charge in [0.05, 0.1) is 18.5 Å². The van der Waals surface area contributed by atoms with Gasteiger partial charge >= 0.3 is 0 Å². The van der Waals surface area contributed by atoms with Crippen molar-refractivity contribution in [3.8, 4) is 0 Å². The lowest BCUT2D eigenvalue weighted by Crippen LogP contribution is -2.35. The Labute approximate surface area is 95.8 Å². The molecule has 7 heteroatoms. The number of methoxy groups -OCH3 is 1. The van der Waals surface area contributed by atoms with E-state index in [4.69, 9.17) is 11.6 Å². The lowest BCUT2D eigenvalue weighted by Gasteiger charge is -2.10. The van der Waals surface area contributed by atoms with Crippen molar-refractivity contribution in [2.24, 2.45) is 0 Å². The Balaban J connectivity index is 3.73. The summed E-state index contributed by atoms with van der Waals surface area (Å²) < 4.78 is 29.6. The van der Waals surface area contributed by atoms with Crippen molar-refractivity contribution in [3.05, 3.63) is 0 Å². The Kier molecular flexibility index (Phi) is 8.36. The van der Waals surface area contributed by atoms with E-state index in [0.717, 1.165) is 0 Å². The van der Waals surface area contributed by atoms with E-state index in [-0.39, 0.29) is 18.9 Å². The molecule has 0 fully saturated rings. The van der Waals surface area contributed by atoms with Crippen LogP contribution in [0.5, 0.6) is 0 Å². The highest BCUT2D eigenvalue weighted by Crippen LogP contribution is 1.96. The van der Waals surface area contributed by atoms with Gasteiger partial charge < -0.3 is 9.84 Å². The zero-order chi connectivity index (χ0) is 11.7. The Morgan fingerprint density at radius 2 is 2.13 bits per heavy atom. The maximum atomic E-state index is 11.3. The number of unbranched alkanes of at least 4 members (excludes halogenated alkanes) is 1. The van der Waals surface area contributed by atoms with Crippen molar-refractivity contribution < 1.29 is 18.3 Å². The van der Waals surface area contributed by atoms with Crippen LogP contribution in [0.1, 0.15) is 12.8 Å². The number of ether oxygens (including phenoxy) is 1. The minimum atomic E-state index is -3.29. The molecule has 1 atom stereocenters. The maximum absolute atomic E-state index is 11.3. The van der Waals surface area contributed by atoms with Gasteiger partial charge in [-0.1, -0.05) is 0 Å². The Bertz CT molecular complexity index is 245. The third-order valence-corrected chi connectivity index (χ3v) is 3.39. The molecule has 0 radical (unpaired) electrons. The second-order valence-corrected chi connectivity index (χ2v) is 5.48. The molecule has 0 saturated heterocycles. The van der Waals surface area contributed by atoms with Crippen LogP contribution in [0.25, 0.3) is 0 Å². The van der Waals surface area contributed by atoms with Gasteiger partial charge in [0.15, 0.2) is 0 Å². The van der Waals surface area contributed by atoms with E-state index in [1.807, 2.05) is 0 Å². The number of alkyl halides is 1. The number of hydrogen-bond donors (Lipinski definition) is 2. The van der Waals surface area contributed by atoms with Crippen LogP contribution in [0.15, 0.2) is 0 Å². The van der Waals surface area contributed by atoms with E-state index in [2.05, 4.69) is 9.46 Å². The van der Waals surface area contributed by atoms with Crippen LogP contribution < -0.4 is 4.72 Å². The summed E-state index contributed by atoms with van der Waals surface area (Å²) in [6.07, 6.45) is 0.389. The van der Waals surface area contributed by atoms with Gasteiger partial charge in [-0.2, -0.15) is 0 Å². The molecule has 0 aromatic carbocycles. The van der Waals surface area contributed by atoms with Crippen LogP contribution in [0.3, 0.4) is 0 Å². The van der Waals surface area contributed by atoms with E-state index >= 15 is 0 Å². The van der Waals surface area contributed by atoms with Gasteiger partial charge in [0.1, 0.15) is 0 Å². The molecule has 0 aliphatic carbocycles. The molecule has 1 unspecified atom stereocenters. The van der Waals surface area contributed by atoms with Gasteiger partial charge in [-0.05, 0) is 12.8 Å². The number of halogens is 1. The standard InChI is InChI=1S/C8H18ClNO4S/c1-14-7-8(11)6-10-15(12,13)5-3-2-4-9/h8,10-11H,2-7H2,1H3. The highest BCUT2D eigenvalue weighted by Gasteiger charge is 2.12. The maximum Gasteiger partial charge on any atom is 0.211 e. The first-order chi connectivity index (χ1) is 7.02. The number of aliphatic hydroxyl groups is 1. The second-order valence-electron chi connectivity index (χ2n) is 3.17. The number of aliphatic hydroxyl groups excluding tert-OH is 1. The van der Waals surface area contributed by atoms with Crippen LogP contribution in [-0.4, -0.2) is 51.5 Å². The molecule has 0 spiro atoms. The molecule has 0 rings (SSSR count). The Morgan fingerprint density at radius 1 is 1.47 bits per heavy atom. The molecule has 0 bridgehead atoms. The molecule has 92 valence electrons. The van der Waals surface area contributed by atoms with Crippen molar-refractivity contribution in [3.63, 3.8) is 0 Å². The molecule has 0 aromatic heterocycles. The van der Waals surface area contributed by atoms with E-state index in [1.54, 1.807) is 0 Å². The minimum absolute atomic E-state index is 0.0168. The van der Waals surface area contributed by atoms with Crippen LogP contribution in [0, 0.1) is 0 Å². The summed E-state index contributed by atoms with van der Waals surface area (Å²) in [6, 6.07) is 0. The molecule has 0 saturated carbocycles. The molecule has 0 aliphatic heterocycles. The zero-order valence-electron chi connectivity index (χ0n) is 8.78. The topological polar surface area (TPSA) is 75.6 Å². The predicted octanol–water partition coefficient (Wildman–Crippen LogP) is -0.0679. The SMILES string of the molecule is COCC(O)CNS(=O)(=O)CCCCCl. The fourth-order valence-electron chi connectivity index (χ4n) is 0.933. The Morgan fingerprint density at radius 3 is 2.67 bits per heavy atom. The lowest BCUT2D eigenvalue weighted by molar-refractivity contribution is 0.0679. The van der Waals surface area contributed by atoms with Gasteiger partial charge in [-0.3, -0.25) is 0 Å². The summed E-state index contributed by atoms with van der Waals surface area (Å²) in [5.41, 5.74) is 0. The first-order valence-electron chi connectivity index (χ1n) is 4.72. The number of rotatable bonds is 9.